The van der Waals surface area contributed by atoms with Gasteiger partial charge in [0, 0.05) is 22.2 Å². The molecule has 7 rings (SSSR count). The Hall–Kier alpha value is -4.04. The number of rotatable bonds is 5. The highest BCUT2D eigenvalue weighted by atomic mass is 35.5. The monoisotopic (exact) mass is 614 g/mol. The van der Waals surface area contributed by atoms with Gasteiger partial charge in [0.15, 0.2) is 16.3 Å². The third-order valence-corrected chi connectivity index (χ3v) is 9.24. The quantitative estimate of drug-likeness (QED) is 0.216. The van der Waals surface area contributed by atoms with Gasteiger partial charge in [0.05, 0.1) is 35.5 Å². The molecule has 0 saturated carbocycles. The van der Waals surface area contributed by atoms with Gasteiger partial charge in [-0.3, -0.25) is 9.36 Å². The van der Waals surface area contributed by atoms with Crippen LogP contribution >= 0.6 is 34.5 Å². The molecule has 1 aliphatic heterocycles. The molecule has 0 bridgehead atoms. The van der Waals surface area contributed by atoms with Gasteiger partial charge in [0.25, 0.3) is 5.56 Å². The van der Waals surface area contributed by atoms with Crippen molar-refractivity contribution in [3.8, 4) is 22.8 Å². The first-order valence-corrected chi connectivity index (χ1v) is 14.9. The van der Waals surface area contributed by atoms with Gasteiger partial charge >= 0.3 is 0 Å². The van der Waals surface area contributed by atoms with Crippen LogP contribution in [0.15, 0.2) is 92.6 Å². The van der Waals surface area contributed by atoms with E-state index >= 15 is 0 Å². The maximum atomic E-state index is 14.1. The van der Waals surface area contributed by atoms with Crippen LogP contribution in [0.1, 0.15) is 34.9 Å². The number of methoxy groups -OCH3 is 2. The summed E-state index contributed by atoms with van der Waals surface area (Å²) in [5.41, 5.74) is 5.88. The molecule has 0 spiro atoms. The third kappa shape index (κ3) is 4.49. The summed E-state index contributed by atoms with van der Waals surface area (Å²) < 4.78 is 19.5. The van der Waals surface area contributed by atoms with Crippen LogP contribution in [0.3, 0.4) is 0 Å². The van der Waals surface area contributed by atoms with Gasteiger partial charge in [-0.1, -0.05) is 64.9 Å². The van der Waals surface area contributed by atoms with Crippen molar-refractivity contribution in [2.75, 3.05) is 14.2 Å². The van der Waals surface area contributed by atoms with E-state index in [-0.39, 0.29) is 11.6 Å². The Bertz CT molecular complexity index is 2090. The Morgan fingerprint density at radius 1 is 0.952 bits per heavy atom. The van der Waals surface area contributed by atoms with E-state index in [1.165, 1.54) is 16.9 Å². The molecule has 2 aliphatic rings. The van der Waals surface area contributed by atoms with Crippen LogP contribution in [0.25, 0.3) is 23.1 Å². The minimum Gasteiger partial charge on any atom is -0.493 e. The largest absolute Gasteiger partial charge is 0.493 e. The lowest BCUT2D eigenvalue weighted by Crippen LogP contribution is -2.38. The minimum atomic E-state index is -0.344. The van der Waals surface area contributed by atoms with E-state index in [0.29, 0.717) is 48.0 Å². The summed E-state index contributed by atoms with van der Waals surface area (Å²) in [5, 5.41) is 1.09. The van der Waals surface area contributed by atoms with E-state index in [1.807, 2.05) is 36.4 Å². The number of hydrogen-bond acceptors (Lipinski definition) is 6. The van der Waals surface area contributed by atoms with E-state index in [9.17, 15) is 4.79 Å². The molecule has 3 heterocycles. The Labute approximate surface area is 255 Å². The highest BCUT2D eigenvalue weighted by Gasteiger charge is 2.33. The summed E-state index contributed by atoms with van der Waals surface area (Å²) in [5.74, 6) is 2.33. The topological polar surface area (TPSA) is 66.0 Å². The van der Waals surface area contributed by atoms with Gasteiger partial charge in [-0.25, -0.2) is 4.99 Å². The van der Waals surface area contributed by atoms with Gasteiger partial charge in [0.2, 0.25) is 0 Å². The number of hydrogen-bond donors (Lipinski definition) is 0. The number of ether oxygens (including phenoxy) is 2. The Morgan fingerprint density at radius 3 is 2.62 bits per heavy atom. The number of allylic oxidation sites excluding steroid dienone is 1. The number of thiazole rings is 1. The molecule has 0 saturated heterocycles. The molecule has 6 nitrogen and oxygen atoms in total. The van der Waals surface area contributed by atoms with Crippen molar-refractivity contribution in [2.24, 2.45) is 4.99 Å². The van der Waals surface area contributed by atoms with Crippen molar-refractivity contribution in [1.82, 2.24) is 4.57 Å². The number of aryl methyl sites for hydroxylation is 1. The molecule has 0 N–H and O–H groups in total. The van der Waals surface area contributed by atoms with Crippen molar-refractivity contribution in [2.45, 2.75) is 18.9 Å². The fourth-order valence-corrected chi connectivity index (χ4v) is 7.10. The lowest BCUT2D eigenvalue weighted by molar-refractivity contribution is 0.354. The van der Waals surface area contributed by atoms with E-state index < -0.39 is 0 Å². The molecule has 210 valence electrons. The molecule has 5 aromatic rings. The number of fused-ring (bicyclic) bond motifs is 3. The highest BCUT2D eigenvalue weighted by molar-refractivity contribution is 7.07. The number of aromatic nitrogens is 1. The van der Waals surface area contributed by atoms with Gasteiger partial charge in [0.1, 0.15) is 11.5 Å². The van der Waals surface area contributed by atoms with Crippen molar-refractivity contribution in [3.05, 3.63) is 131 Å². The fraction of sp³-hybridized carbons (Fsp3) is 0.152. The number of furan rings is 1. The fourth-order valence-electron chi connectivity index (χ4n) is 5.74. The van der Waals surface area contributed by atoms with Crippen molar-refractivity contribution < 1.29 is 13.9 Å². The average Bonchev–Trinajstić information content (AvgIpc) is 3.60. The molecule has 0 radical (unpaired) electrons. The second-order valence-corrected chi connectivity index (χ2v) is 11.9. The average molecular weight is 616 g/mol. The Kier molecular flexibility index (Phi) is 6.81. The second-order valence-electron chi connectivity index (χ2n) is 10.1. The van der Waals surface area contributed by atoms with Gasteiger partial charge in [-0.05, 0) is 72.0 Å². The van der Waals surface area contributed by atoms with Crippen molar-refractivity contribution in [1.29, 1.82) is 0 Å². The summed E-state index contributed by atoms with van der Waals surface area (Å²) in [7, 11) is 3.22. The van der Waals surface area contributed by atoms with Crippen LogP contribution in [-0.2, 0) is 6.42 Å². The highest BCUT2D eigenvalue weighted by Crippen LogP contribution is 2.43. The molecule has 0 fully saturated rings. The predicted molar refractivity (Wildman–Crippen MR) is 166 cm³/mol. The summed E-state index contributed by atoms with van der Waals surface area (Å²) in [6.45, 7) is 0. The van der Waals surface area contributed by atoms with Gasteiger partial charge < -0.3 is 13.9 Å². The van der Waals surface area contributed by atoms with Crippen LogP contribution in [0.5, 0.6) is 11.5 Å². The van der Waals surface area contributed by atoms with Crippen LogP contribution < -0.4 is 24.4 Å². The van der Waals surface area contributed by atoms with Crippen molar-refractivity contribution in [3.63, 3.8) is 0 Å². The van der Waals surface area contributed by atoms with E-state index in [2.05, 4.69) is 18.2 Å². The molecule has 0 unspecified atom stereocenters. The van der Waals surface area contributed by atoms with Crippen LogP contribution in [0, 0.1) is 0 Å². The van der Waals surface area contributed by atoms with Gasteiger partial charge in [-0.15, -0.1) is 0 Å². The summed E-state index contributed by atoms with van der Waals surface area (Å²) in [4.78, 5) is 19.8. The number of nitrogens with zero attached hydrogens (tertiary/aromatic N) is 2. The van der Waals surface area contributed by atoms with Crippen LogP contribution in [0.2, 0.25) is 10.0 Å². The number of benzene rings is 3. The summed E-state index contributed by atoms with van der Waals surface area (Å²) >= 11 is 13.9. The molecular weight excluding hydrogens is 591 g/mol. The first-order chi connectivity index (χ1) is 20.4. The molecule has 1 aliphatic carbocycles. The molecule has 1 atom stereocenters. The summed E-state index contributed by atoms with van der Waals surface area (Å²) in [6, 6.07) is 22.7. The standard InChI is InChI=1S/C33H24Cl2N2O4S/c1-39-27-13-8-19(15-28(27)40-2)31-23-11-7-18-5-3-4-6-22(18)30(23)36-33-37(31)32(38)29(42-33)17-21-10-14-26(41-21)24-16-20(34)9-12-25(24)35/h3-6,8-10,12-17,31H,7,11H2,1-2H3/b29-17+/t31-/m1/s1. The maximum Gasteiger partial charge on any atom is 0.271 e. The normalized spacial score (nSPS) is 16.0. The first kappa shape index (κ1) is 26.8. The first-order valence-electron chi connectivity index (χ1n) is 13.4. The van der Waals surface area contributed by atoms with Crippen molar-refractivity contribution >= 4 is 46.3 Å². The molecule has 3 aromatic carbocycles. The lowest BCUT2D eigenvalue weighted by atomic mass is 9.83. The Balaban J connectivity index is 1.41. The molecule has 9 heteroatoms. The second kappa shape index (κ2) is 10.7. The van der Waals surface area contributed by atoms with E-state index in [1.54, 1.807) is 43.1 Å². The Morgan fingerprint density at radius 2 is 1.79 bits per heavy atom. The third-order valence-electron chi connectivity index (χ3n) is 7.69. The zero-order valence-corrected chi connectivity index (χ0v) is 25.0. The zero-order chi connectivity index (χ0) is 29.0. The van der Waals surface area contributed by atoms with Crippen LogP contribution in [-0.4, -0.2) is 18.8 Å². The van der Waals surface area contributed by atoms with E-state index in [0.717, 1.165) is 35.2 Å². The maximum absolute atomic E-state index is 14.1. The van der Waals surface area contributed by atoms with Gasteiger partial charge in [-0.2, -0.15) is 0 Å². The number of halogens is 2. The predicted octanol–water partition coefficient (Wildman–Crippen LogP) is 6.90. The molecule has 2 aromatic heterocycles. The molecule has 42 heavy (non-hydrogen) atoms. The lowest BCUT2D eigenvalue weighted by Gasteiger charge is -2.31. The molecule has 0 amide bonds. The van der Waals surface area contributed by atoms with E-state index in [4.69, 9.17) is 42.1 Å². The smallest absolute Gasteiger partial charge is 0.271 e. The minimum absolute atomic E-state index is 0.136. The molecular formula is C33H24Cl2N2O4S. The zero-order valence-electron chi connectivity index (χ0n) is 22.7. The SMILES string of the molecule is COc1ccc([C@@H]2C3=C(N=c4s/c(=C/c5ccc(-c6cc(Cl)ccc6Cl)o5)c(=O)n42)c2ccccc2CC3)cc1OC. The van der Waals surface area contributed by atoms with Crippen LogP contribution in [0.4, 0.5) is 0 Å². The summed E-state index contributed by atoms with van der Waals surface area (Å²) in [6.07, 6.45) is 3.43.